The molecule has 0 saturated heterocycles. The number of aromatic carboxylic acids is 1. The number of hydrogen-bond acceptors (Lipinski definition) is 1. The number of nitrogens with zero attached hydrogens (tertiary/aromatic N) is 1. The molecule has 0 atom stereocenters. The SMILES string of the molecule is O=C(O)c1cc(Br)cn1-c1ccc(F)c(Br)c1. The molecule has 1 aromatic heterocycles. The maximum Gasteiger partial charge on any atom is 0.352 e. The third-order valence-electron chi connectivity index (χ3n) is 2.19. The molecule has 0 saturated carbocycles. The molecule has 1 aromatic carbocycles. The summed E-state index contributed by atoms with van der Waals surface area (Å²) in [5.41, 5.74) is 0.678. The standard InChI is InChI=1S/C11H6Br2FNO2/c12-6-3-10(11(16)17)15(5-6)7-1-2-9(14)8(13)4-7/h1-5H,(H,16,17). The van der Waals surface area contributed by atoms with Crippen molar-refractivity contribution in [2.45, 2.75) is 0 Å². The first-order valence-electron chi connectivity index (χ1n) is 4.55. The van der Waals surface area contributed by atoms with E-state index in [2.05, 4.69) is 31.9 Å². The summed E-state index contributed by atoms with van der Waals surface area (Å²) in [7, 11) is 0. The summed E-state index contributed by atoms with van der Waals surface area (Å²) in [5.74, 6) is -1.44. The molecule has 3 nitrogen and oxygen atoms in total. The van der Waals surface area contributed by atoms with Crippen LogP contribution in [0.1, 0.15) is 10.5 Å². The summed E-state index contributed by atoms with van der Waals surface area (Å²) in [6.07, 6.45) is 1.61. The summed E-state index contributed by atoms with van der Waals surface area (Å²) in [5, 5.41) is 9.04. The fraction of sp³-hybridized carbons (Fsp3) is 0. The topological polar surface area (TPSA) is 42.2 Å². The van der Waals surface area contributed by atoms with Crippen molar-refractivity contribution < 1.29 is 14.3 Å². The molecular weight excluding hydrogens is 357 g/mol. The summed E-state index contributed by atoms with van der Waals surface area (Å²) < 4.78 is 15.5. The van der Waals surface area contributed by atoms with Gasteiger partial charge in [-0.05, 0) is 56.1 Å². The van der Waals surface area contributed by atoms with Crippen LogP contribution in [0.25, 0.3) is 5.69 Å². The van der Waals surface area contributed by atoms with Crippen molar-refractivity contribution in [3.63, 3.8) is 0 Å². The van der Waals surface area contributed by atoms with Crippen molar-refractivity contribution >= 4 is 37.8 Å². The average molecular weight is 363 g/mol. The van der Waals surface area contributed by atoms with E-state index in [0.29, 0.717) is 10.2 Å². The molecule has 6 heteroatoms. The number of rotatable bonds is 2. The first-order valence-corrected chi connectivity index (χ1v) is 6.14. The lowest BCUT2D eigenvalue weighted by Crippen LogP contribution is -2.05. The van der Waals surface area contributed by atoms with Gasteiger partial charge in [0.25, 0.3) is 0 Å². The monoisotopic (exact) mass is 361 g/mol. The fourth-order valence-corrected chi connectivity index (χ4v) is 2.23. The van der Waals surface area contributed by atoms with Crippen LogP contribution in [-0.4, -0.2) is 15.6 Å². The molecular formula is C11H6Br2FNO2. The van der Waals surface area contributed by atoms with Gasteiger partial charge in [0.2, 0.25) is 0 Å². The largest absolute Gasteiger partial charge is 0.477 e. The second-order valence-corrected chi connectivity index (χ2v) is 5.09. The van der Waals surface area contributed by atoms with Gasteiger partial charge in [-0.15, -0.1) is 0 Å². The van der Waals surface area contributed by atoms with Gasteiger partial charge >= 0.3 is 5.97 Å². The molecule has 0 radical (unpaired) electrons. The first kappa shape index (κ1) is 12.3. The molecule has 17 heavy (non-hydrogen) atoms. The average Bonchev–Trinajstić information content (AvgIpc) is 2.64. The number of carboxylic acids is 1. The van der Waals surface area contributed by atoms with E-state index >= 15 is 0 Å². The Balaban J connectivity index is 2.59. The van der Waals surface area contributed by atoms with Crippen LogP contribution in [0.2, 0.25) is 0 Å². The number of halogens is 3. The van der Waals surface area contributed by atoms with Crippen molar-refractivity contribution in [3.05, 3.63) is 50.9 Å². The second-order valence-electron chi connectivity index (χ2n) is 3.32. The molecule has 88 valence electrons. The molecule has 0 aliphatic rings. The molecule has 2 rings (SSSR count). The van der Waals surface area contributed by atoms with Crippen molar-refractivity contribution in [2.24, 2.45) is 0 Å². The molecule has 0 unspecified atom stereocenters. The van der Waals surface area contributed by atoms with Crippen molar-refractivity contribution in [3.8, 4) is 5.69 Å². The quantitative estimate of drug-likeness (QED) is 0.881. The van der Waals surface area contributed by atoms with Crippen LogP contribution in [0.3, 0.4) is 0 Å². The van der Waals surface area contributed by atoms with Crippen LogP contribution in [0.15, 0.2) is 39.4 Å². The molecule has 1 heterocycles. The highest BCUT2D eigenvalue weighted by Crippen LogP contribution is 2.24. The Morgan fingerprint density at radius 3 is 2.59 bits per heavy atom. The Morgan fingerprint density at radius 1 is 1.29 bits per heavy atom. The van der Waals surface area contributed by atoms with Gasteiger partial charge in [0.15, 0.2) is 0 Å². The third kappa shape index (κ3) is 2.42. The summed E-state index contributed by atoms with van der Waals surface area (Å²) >= 11 is 6.28. The van der Waals surface area contributed by atoms with Crippen molar-refractivity contribution in [2.75, 3.05) is 0 Å². The van der Waals surface area contributed by atoms with E-state index in [1.54, 1.807) is 6.20 Å². The number of benzene rings is 1. The Labute approximate surface area is 113 Å². The highest BCUT2D eigenvalue weighted by Gasteiger charge is 2.13. The highest BCUT2D eigenvalue weighted by molar-refractivity contribution is 9.10. The predicted octanol–water partition coefficient (Wildman–Crippen LogP) is 3.84. The third-order valence-corrected chi connectivity index (χ3v) is 3.23. The maximum absolute atomic E-state index is 13.1. The van der Waals surface area contributed by atoms with E-state index in [-0.39, 0.29) is 10.2 Å². The van der Waals surface area contributed by atoms with Crippen LogP contribution in [0, 0.1) is 5.82 Å². The van der Waals surface area contributed by atoms with Gasteiger partial charge in [-0.3, -0.25) is 0 Å². The summed E-state index contributed by atoms with van der Waals surface area (Å²) in [6, 6.07) is 5.80. The van der Waals surface area contributed by atoms with E-state index in [0.717, 1.165) is 0 Å². The molecule has 0 bridgehead atoms. The van der Waals surface area contributed by atoms with Crippen LogP contribution < -0.4 is 0 Å². The van der Waals surface area contributed by atoms with E-state index in [4.69, 9.17) is 5.11 Å². The van der Waals surface area contributed by atoms with E-state index in [1.807, 2.05) is 0 Å². The van der Waals surface area contributed by atoms with Crippen LogP contribution in [0.4, 0.5) is 4.39 Å². The van der Waals surface area contributed by atoms with Crippen LogP contribution >= 0.6 is 31.9 Å². The minimum absolute atomic E-state index is 0.107. The lowest BCUT2D eigenvalue weighted by atomic mass is 10.3. The van der Waals surface area contributed by atoms with Gasteiger partial charge in [-0.2, -0.15) is 0 Å². The van der Waals surface area contributed by atoms with Gasteiger partial charge in [0.05, 0.1) is 4.47 Å². The Kier molecular flexibility index (Phi) is 3.35. The fourth-order valence-electron chi connectivity index (χ4n) is 1.44. The predicted molar refractivity (Wildman–Crippen MR) is 68.1 cm³/mol. The van der Waals surface area contributed by atoms with E-state index in [9.17, 15) is 9.18 Å². The molecule has 1 N–H and O–H groups in total. The lowest BCUT2D eigenvalue weighted by molar-refractivity contribution is 0.0688. The maximum atomic E-state index is 13.1. The smallest absolute Gasteiger partial charge is 0.352 e. The molecule has 0 aliphatic heterocycles. The van der Waals surface area contributed by atoms with Crippen LogP contribution in [0.5, 0.6) is 0 Å². The molecule has 0 aliphatic carbocycles. The minimum Gasteiger partial charge on any atom is -0.477 e. The minimum atomic E-state index is -1.05. The van der Waals surface area contributed by atoms with Crippen molar-refractivity contribution in [1.82, 2.24) is 4.57 Å². The zero-order valence-corrected chi connectivity index (χ0v) is 11.5. The number of carbonyl (C=O) groups is 1. The van der Waals surface area contributed by atoms with Gasteiger partial charge in [0, 0.05) is 16.4 Å². The Morgan fingerprint density at radius 2 is 2.00 bits per heavy atom. The molecule has 0 spiro atoms. The Bertz CT molecular complexity index is 595. The molecule has 0 amide bonds. The van der Waals surface area contributed by atoms with E-state index < -0.39 is 11.8 Å². The zero-order chi connectivity index (χ0) is 12.6. The number of hydrogen-bond donors (Lipinski definition) is 1. The van der Waals surface area contributed by atoms with Gasteiger partial charge < -0.3 is 9.67 Å². The summed E-state index contributed by atoms with van der Waals surface area (Å²) in [4.78, 5) is 11.0. The van der Waals surface area contributed by atoms with Crippen molar-refractivity contribution in [1.29, 1.82) is 0 Å². The normalized spacial score (nSPS) is 10.5. The molecule has 2 aromatic rings. The van der Waals surface area contributed by atoms with Crippen LogP contribution in [-0.2, 0) is 0 Å². The first-order chi connectivity index (χ1) is 7.99. The number of aromatic nitrogens is 1. The van der Waals surface area contributed by atoms with E-state index in [1.165, 1.54) is 28.8 Å². The highest BCUT2D eigenvalue weighted by atomic mass is 79.9. The number of carboxylic acid groups (broad SMARTS) is 1. The summed E-state index contributed by atoms with van der Waals surface area (Å²) in [6.45, 7) is 0. The van der Waals surface area contributed by atoms with Gasteiger partial charge in [-0.25, -0.2) is 9.18 Å². The molecule has 0 fully saturated rings. The zero-order valence-electron chi connectivity index (χ0n) is 8.32. The Hall–Kier alpha value is -1.14. The lowest BCUT2D eigenvalue weighted by Gasteiger charge is -2.06. The van der Waals surface area contributed by atoms with Gasteiger partial charge in [0.1, 0.15) is 11.5 Å². The van der Waals surface area contributed by atoms with Gasteiger partial charge in [-0.1, -0.05) is 0 Å². The second kappa shape index (κ2) is 4.62.